The number of nitrogens with one attached hydrogen (secondary N) is 1. The van der Waals surface area contributed by atoms with E-state index in [-0.39, 0.29) is 11.7 Å². The molecule has 1 N–H and O–H groups in total. The first-order valence-corrected chi connectivity index (χ1v) is 10.1. The first kappa shape index (κ1) is 19.8. The number of rotatable bonds is 7. The number of hydrogen-bond donors (Lipinski definition) is 1. The maximum atomic E-state index is 12.3. The van der Waals surface area contributed by atoms with Crippen molar-refractivity contribution in [2.24, 2.45) is 11.8 Å². The highest BCUT2D eigenvalue weighted by molar-refractivity contribution is 7.99. The fourth-order valence-electron chi connectivity index (χ4n) is 3.40. The Labute approximate surface area is 155 Å². The van der Waals surface area contributed by atoms with Crippen LogP contribution in [0, 0.1) is 11.8 Å². The van der Waals surface area contributed by atoms with E-state index >= 15 is 0 Å². The van der Waals surface area contributed by atoms with Crippen LogP contribution in [0.2, 0.25) is 0 Å². The highest BCUT2D eigenvalue weighted by atomic mass is 32.2. The normalized spacial score (nSPS) is 23.1. The van der Waals surface area contributed by atoms with E-state index < -0.39 is 0 Å². The molecule has 4 nitrogen and oxygen atoms in total. The Kier molecular flexibility index (Phi) is 7.36. The molecule has 1 fully saturated rings. The van der Waals surface area contributed by atoms with E-state index in [0.29, 0.717) is 34.9 Å². The number of ether oxygens (including phenoxy) is 1. The average molecular weight is 364 g/mol. The summed E-state index contributed by atoms with van der Waals surface area (Å²) in [7, 11) is 1.62. The maximum Gasteiger partial charge on any atom is 0.230 e. The van der Waals surface area contributed by atoms with Crippen molar-refractivity contribution in [2.75, 3.05) is 12.9 Å². The fourth-order valence-corrected chi connectivity index (χ4v) is 4.21. The van der Waals surface area contributed by atoms with E-state index in [1.54, 1.807) is 31.9 Å². The quantitative estimate of drug-likeness (QED) is 0.742. The molecule has 0 aliphatic heterocycles. The summed E-state index contributed by atoms with van der Waals surface area (Å²) in [6, 6.07) is 5.75. The van der Waals surface area contributed by atoms with E-state index in [1.807, 2.05) is 12.1 Å². The third kappa shape index (κ3) is 5.50. The molecule has 1 aliphatic carbocycles. The van der Waals surface area contributed by atoms with Crippen molar-refractivity contribution in [1.29, 1.82) is 0 Å². The van der Waals surface area contributed by atoms with Crippen LogP contribution >= 0.6 is 11.8 Å². The maximum absolute atomic E-state index is 12.3. The molecule has 1 aromatic rings. The summed E-state index contributed by atoms with van der Waals surface area (Å²) in [4.78, 5) is 23.8. The van der Waals surface area contributed by atoms with Crippen molar-refractivity contribution in [3.63, 3.8) is 0 Å². The van der Waals surface area contributed by atoms with Gasteiger partial charge in [-0.2, -0.15) is 0 Å². The SMILES string of the molecule is COc1ccc(C(C)=O)cc1CSCC(=O)N[C@H]1CCC[C@H](C)[C@H]1C. The lowest BCUT2D eigenvalue weighted by Crippen LogP contribution is -2.44. The van der Waals surface area contributed by atoms with Gasteiger partial charge >= 0.3 is 0 Å². The summed E-state index contributed by atoms with van der Waals surface area (Å²) >= 11 is 1.55. The van der Waals surface area contributed by atoms with Gasteiger partial charge in [-0.25, -0.2) is 0 Å². The smallest absolute Gasteiger partial charge is 0.230 e. The molecule has 1 amide bonds. The molecule has 5 heteroatoms. The highest BCUT2D eigenvalue weighted by Crippen LogP contribution is 2.30. The number of carbonyl (C=O) groups excluding carboxylic acids is 2. The van der Waals surface area contributed by atoms with Crippen LogP contribution in [0.15, 0.2) is 18.2 Å². The second-order valence-electron chi connectivity index (χ2n) is 7.02. The summed E-state index contributed by atoms with van der Waals surface area (Å²) in [5.74, 6) is 3.16. The van der Waals surface area contributed by atoms with Gasteiger partial charge in [0.15, 0.2) is 5.78 Å². The van der Waals surface area contributed by atoms with Gasteiger partial charge in [-0.15, -0.1) is 11.8 Å². The van der Waals surface area contributed by atoms with Gasteiger partial charge in [-0.05, 0) is 43.4 Å². The van der Waals surface area contributed by atoms with E-state index in [4.69, 9.17) is 4.74 Å². The van der Waals surface area contributed by atoms with Crippen LogP contribution in [0.5, 0.6) is 5.75 Å². The molecule has 2 rings (SSSR count). The van der Waals surface area contributed by atoms with Crippen molar-refractivity contribution >= 4 is 23.5 Å². The largest absolute Gasteiger partial charge is 0.496 e. The Balaban J connectivity index is 1.86. The molecule has 0 spiro atoms. The number of hydrogen-bond acceptors (Lipinski definition) is 4. The summed E-state index contributed by atoms with van der Waals surface area (Å²) in [5, 5.41) is 3.20. The Bertz CT molecular complexity index is 617. The Morgan fingerprint density at radius 3 is 2.72 bits per heavy atom. The molecule has 1 aliphatic rings. The Morgan fingerprint density at radius 2 is 2.04 bits per heavy atom. The van der Waals surface area contributed by atoms with Crippen LogP contribution in [0.25, 0.3) is 0 Å². The van der Waals surface area contributed by atoms with E-state index in [9.17, 15) is 9.59 Å². The van der Waals surface area contributed by atoms with E-state index in [2.05, 4.69) is 19.2 Å². The average Bonchev–Trinajstić information content (AvgIpc) is 2.58. The molecule has 0 aromatic heterocycles. The first-order valence-electron chi connectivity index (χ1n) is 8.97. The zero-order valence-corrected chi connectivity index (χ0v) is 16.4. The van der Waals surface area contributed by atoms with Gasteiger partial charge in [-0.1, -0.05) is 26.7 Å². The Morgan fingerprint density at radius 1 is 1.28 bits per heavy atom. The molecule has 1 aromatic carbocycles. The van der Waals surface area contributed by atoms with E-state index in [1.165, 1.54) is 12.8 Å². The van der Waals surface area contributed by atoms with Crippen molar-refractivity contribution in [3.05, 3.63) is 29.3 Å². The third-order valence-corrected chi connectivity index (χ3v) is 6.21. The second-order valence-corrected chi connectivity index (χ2v) is 8.00. The molecule has 0 saturated heterocycles. The van der Waals surface area contributed by atoms with Gasteiger partial charge in [-0.3, -0.25) is 9.59 Å². The minimum atomic E-state index is 0.0343. The summed E-state index contributed by atoms with van der Waals surface area (Å²) in [5.41, 5.74) is 1.62. The number of amides is 1. The van der Waals surface area contributed by atoms with Crippen LogP contribution in [0.1, 0.15) is 56.0 Å². The molecule has 25 heavy (non-hydrogen) atoms. The van der Waals surface area contributed by atoms with Crippen molar-refractivity contribution in [1.82, 2.24) is 5.32 Å². The fraction of sp³-hybridized carbons (Fsp3) is 0.600. The van der Waals surface area contributed by atoms with Crippen LogP contribution in [0.3, 0.4) is 0 Å². The summed E-state index contributed by atoms with van der Waals surface area (Å²) in [6.45, 7) is 6.06. The molecule has 0 radical (unpaired) electrons. The minimum absolute atomic E-state index is 0.0343. The topological polar surface area (TPSA) is 55.4 Å². The van der Waals surface area contributed by atoms with Gasteiger partial charge in [0.05, 0.1) is 12.9 Å². The number of methoxy groups -OCH3 is 1. The third-order valence-electron chi connectivity index (χ3n) is 5.23. The molecule has 1 saturated carbocycles. The molecular formula is C20H29NO3S. The number of benzene rings is 1. The van der Waals surface area contributed by atoms with Crippen LogP contribution < -0.4 is 10.1 Å². The van der Waals surface area contributed by atoms with Crippen LogP contribution in [-0.2, 0) is 10.5 Å². The minimum Gasteiger partial charge on any atom is -0.496 e. The lowest BCUT2D eigenvalue weighted by atomic mass is 9.78. The first-order chi connectivity index (χ1) is 11.9. The zero-order chi connectivity index (χ0) is 18.4. The van der Waals surface area contributed by atoms with Gasteiger partial charge in [0, 0.05) is 22.9 Å². The number of thioether (sulfide) groups is 1. The van der Waals surface area contributed by atoms with Crippen molar-refractivity contribution in [3.8, 4) is 5.75 Å². The molecule has 138 valence electrons. The van der Waals surface area contributed by atoms with Crippen LogP contribution in [-0.4, -0.2) is 30.6 Å². The van der Waals surface area contributed by atoms with E-state index in [0.717, 1.165) is 17.7 Å². The lowest BCUT2D eigenvalue weighted by molar-refractivity contribution is -0.120. The number of ketones is 1. The molecule has 3 atom stereocenters. The van der Waals surface area contributed by atoms with Gasteiger partial charge in [0.25, 0.3) is 0 Å². The zero-order valence-electron chi connectivity index (χ0n) is 15.6. The summed E-state index contributed by atoms with van der Waals surface area (Å²) in [6.07, 6.45) is 3.53. The lowest BCUT2D eigenvalue weighted by Gasteiger charge is -2.34. The van der Waals surface area contributed by atoms with Gasteiger partial charge in [0.1, 0.15) is 5.75 Å². The molecule has 0 heterocycles. The molecule has 0 bridgehead atoms. The molecular weight excluding hydrogens is 334 g/mol. The van der Waals surface area contributed by atoms with Gasteiger partial charge < -0.3 is 10.1 Å². The van der Waals surface area contributed by atoms with Gasteiger partial charge in [0.2, 0.25) is 5.91 Å². The standard InChI is InChI=1S/C20H29NO3S/c1-13-6-5-7-18(14(13)2)21-20(23)12-25-11-17-10-16(15(3)22)8-9-19(17)24-4/h8-10,13-14,18H,5-7,11-12H2,1-4H3,(H,21,23)/t13-,14+,18-/m0/s1. The second kappa shape index (κ2) is 9.27. The summed E-state index contributed by atoms with van der Waals surface area (Å²) < 4.78 is 5.36. The highest BCUT2D eigenvalue weighted by Gasteiger charge is 2.27. The monoisotopic (exact) mass is 363 g/mol. The number of Topliss-reactive ketones (excluding diaryl/α,β-unsaturated/α-hetero) is 1. The van der Waals surface area contributed by atoms with Crippen LogP contribution in [0.4, 0.5) is 0 Å². The predicted molar refractivity (Wildman–Crippen MR) is 103 cm³/mol. The van der Waals surface area contributed by atoms with Crippen molar-refractivity contribution in [2.45, 2.75) is 51.8 Å². The Hall–Kier alpha value is -1.49. The van der Waals surface area contributed by atoms with Crippen molar-refractivity contribution < 1.29 is 14.3 Å². The predicted octanol–water partition coefficient (Wildman–Crippen LogP) is 4.07. The molecule has 0 unspecified atom stereocenters. The number of carbonyl (C=O) groups is 2.